The predicted octanol–water partition coefficient (Wildman–Crippen LogP) is 3.85. The number of hydrogen-bond donors (Lipinski definition) is 1. The maximum Gasteiger partial charge on any atom is 0.348 e. The van der Waals surface area contributed by atoms with E-state index in [1.807, 2.05) is 0 Å². The molecule has 0 radical (unpaired) electrons. The number of amides is 1. The molecule has 1 aromatic carbocycles. The molecule has 2 aromatic rings. The molecule has 7 heteroatoms. The van der Waals surface area contributed by atoms with Gasteiger partial charge in [0.2, 0.25) is 0 Å². The lowest BCUT2D eigenvalue weighted by Crippen LogP contribution is -2.21. The largest absolute Gasteiger partial charge is 0.451 e. The van der Waals surface area contributed by atoms with Gasteiger partial charge in [0.25, 0.3) is 5.91 Å². The Labute approximate surface area is 129 Å². The zero-order valence-electron chi connectivity index (χ0n) is 10.1. The van der Waals surface area contributed by atoms with E-state index in [0.717, 1.165) is 0 Å². The van der Waals surface area contributed by atoms with Crippen LogP contribution in [0.5, 0.6) is 0 Å². The SMILES string of the molecule is O=C(COC(=O)c1cccs1)Nc1c(Cl)cccc1Cl. The summed E-state index contributed by atoms with van der Waals surface area (Å²) in [5, 5.41) is 4.88. The number of anilines is 1. The van der Waals surface area contributed by atoms with Crippen LogP contribution in [0, 0.1) is 0 Å². The van der Waals surface area contributed by atoms with Crippen LogP contribution in [-0.4, -0.2) is 18.5 Å². The molecule has 0 unspecified atom stereocenters. The minimum absolute atomic E-state index is 0.299. The average Bonchev–Trinajstić information content (AvgIpc) is 2.94. The number of carbonyl (C=O) groups excluding carboxylic acids is 2. The van der Waals surface area contributed by atoms with E-state index in [4.69, 9.17) is 27.9 Å². The Balaban J connectivity index is 1.92. The number of halogens is 2. The van der Waals surface area contributed by atoms with E-state index in [1.54, 1.807) is 35.7 Å². The highest BCUT2D eigenvalue weighted by Crippen LogP contribution is 2.29. The van der Waals surface area contributed by atoms with E-state index in [9.17, 15) is 9.59 Å². The Morgan fingerprint density at radius 2 is 1.85 bits per heavy atom. The predicted molar refractivity (Wildman–Crippen MR) is 79.7 cm³/mol. The molecule has 0 bridgehead atoms. The summed E-state index contributed by atoms with van der Waals surface area (Å²) < 4.78 is 4.87. The van der Waals surface area contributed by atoms with Crippen molar-refractivity contribution in [1.82, 2.24) is 0 Å². The van der Waals surface area contributed by atoms with Crippen molar-refractivity contribution in [3.8, 4) is 0 Å². The highest BCUT2D eigenvalue weighted by atomic mass is 35.5. The molecule has 0 aliphatic heterocycles. The van der Waals surface area contributed by atoms with Crippen LogP contribution in [0.4, 0.5) is 5.69 Å². The lowest BCUT2D eigenvalue weighted by molar-refractivity contribution is -0.119. The molecule has 20 heavy (non-hydrogen) atoms. The fourth-order valence-electron chi connectivity index (χ4n) is 1.39. The first-order valence-electron chi connectivity index (χ1n) is 5.52. The van der Waals surface area contributed by atoms with Crippen molar-refractivity contribution in [3.63, 3.8) is 0 Å². The highest BCUT2D eigenvalue weighted by molar-refractivity contribution is 7.11. The lowest BCUT2D eigenvalue weighted by atomic mass is 10.3. The summed E-state index contributed by atoms with van der Waals surface area (Å²) >= 11 is 13.1. The fourth-order valence-corrected chi connectivity index (χ4v) is 2.50. The number of nitrogens with one attached hydrogen (secondary N) is 1. The van der Waals surface area contributed by atoms with Crippen LogP contribution in [0.2, 0.25) is 10.0 Å². The Morgan fingerprint density at radius 1 is 1.15 bits per heavy atom. The number of hydrogen-bond acceptors (Lipinski definition) is 4. The topological polar surface area (TPSA) is 55.4 Å². The average molecular weight is 330 g/mol. The second-order valence-electron chi connectivity index (χ2n) is 3.70. The van der Waals surface area contributed by atoms with Gasteiger partial charge in [-0.2, -0.15) is 0 Å². The zero-order chi connectivity index (χ0) is 14.5. The Morgan fingerprint density at radius 3 is 2.45 bits per heavy atom. The van der Waals surface area contributed by atoms with Gasteiger partial charge in [-0.05, 0) is 23.6 Å². The number of benzene rings is 1. The summed E-state index contributed by atoms with van der Waals surface area (Å²) in [6, 6.07) is 8.21. The Kier molecular flexibility index (Phi) is 5.00. The first-order valence-corrected chi connectivity index (χ1v) is 7.16. The molecule has 0 atom stereocenters. The second kappa shape index (κ2) is 6.74. The maximum absolute atomic E-state index is 11.7. The van der Waals surface area contributed by atoms with Crippen molar-refractivity contribution >= 4 is 52.1 Å². The molecule has 0 fully saturated rings. The van der Waals surface area contributed by atoms with Crippen LogP contribution in [0.25, 0.3) is 0 Å². The molecule has 1 amide bonds. The van der Waals surface area contributed by atoms with Gasteiger partial charge in [0.05, 0.1) is 15.7 Å². The standard InChI is InChI=1S/C13H9Cl2NO3S/c14-8-3-1-4-9(15)12(8)16-11(17)7-19-13(18)10-5-2-6-20-10/h1-6H,7H2,(H,16,17). The van der Waals surface area contributed by atoms with Gasteiger partial charge < -0.3 is 10.1 Å². The molecule has 0 saturated heterocycles. The molecule has 0 aliphatic carbocycles. The van der Waals surface area contributed by atoms with Crippen molar-refractivity contribution in [3.05, 3.63) is 50.6 Å². The fraction of sp³-hybridized carbons (Fsp3) is 0.0769. The first kappa shape index (κ1) is 14.8. The molecule has 0 aliphatic rings. The van der Waals surface area contributed by atoms with Crippen molar-refractivity contribution in [2.24, 2.45) is 0 Å². The molecule has 104 valence electrons. The molecule has 0 spiro atoms. The molecule has 4 nitrogen and oxygen atoms in total. The van der Waals surface area contributed by atoms with E-state index < -0.39 is 18.5 Å². The van der Waals surface area contributed by atoms with E-state index in [-0.39, 0.29) is 0 Å². The van der Waals surface area contributed by atoms with Gasteiger partial charge in [-0.15, -0.1) is 11.3 Å². The van der Waals surface area contributed by atoms with Gasteiger partial charge in [0.1, 0.15) is 4.88 Å². The summed E-state index contributed by atoms with van der Waals surface area (Å²) in [4.78, 5) is 23.7. The van der Waals surface area contributed by atoms with Gasteiger partial charge >= 0.3 is 5.97 Å². The monoisotopic (exact) mass is 329 g/mol. The van der Waals surface area contributed by atoms with Crippen LogP contribution >= 0.6 is 34.5 Å². The van der Waals surface area contributed by atoms with Gasteiger partial charge in [-0.25, -0.2) is 4.79 Å². The smallest absolute Gasteiger partial charge is 0.348 e. The van der Waals surface area contributed by atoms with Crippen LogP contribution in [0.1, 0.15) is 9.67 Å². The third-order valence-corrected chi connectivity index (χ3v) is 3.76. The first-order chi connectivity index (χ1) is 9.58. The lowest BCUT2D eigenvalue weighted by Gasteiger charge is -2.09. The van der Waals surface area contributed by atoms with Crippen LogP contribution in [-0.2, 0) is 9.53 Å². The number of carbonyl (C=O) groups is 2. The maximum atomic E-state index is 11.7. The minimum atomic E-state index is -0.541. The summed E-state index contributed by atoms with van der Waals surface area (Å²) in [5.74, 6) is -1.05. The van der Waals surface area contributed by atoms with Crippen LogP contribution < -0.4 is 5.32 Å². The van der Waals surface area contributed by atoms with Crippen molar-refractivity contribution in [1.29, 1.82) is 0 Å². The quantitative estimate of drug-likeness (QED) is 0.867. The van der Waals surface area contributed by atoms with Gasteiger partial charge in [-0.3, -0.25) is 4.79 Å². The highest BCUT2D eigenvalue weighted by Gasteiger charge is 2.13. The number of esters is 1. The number of thiophene rings is 1. The molecule has 1 heterocycles. The number of rotatable bonds is 4. The van der Waals surface area contributed by atoms with E-state index in [2.05, 4.69) is 5.32 Å². The molecule has 1 N–H and O–H groups in total. The Bertz CT molecular complexity index is 608. The Hall–Kier alpha value is -1.56. The van der Waals surface area contributed by atoms with Crippen molar-refractivity contribution in [2.75, 3.05) is 11.9 Å². The van der Waals surface area contributed by atoms with Crippen molar-refractivity contribution < 1.29 is 14.3 Å². The van der Waals surface area contributed by atoms with Gasteiger partial charge in [-0.1, -0.05) is 35.3 Å². The van der Waals surface area contributed by atoms with Gasteiger partial charge in [0, 0.05) is 0 Å². The summed E-state index contributed by atoms with van der Waals surface area (Å²) in [7, 11) is 0. The molecule has 1 aromatic heterocycles. The number of para-hydroxylation sites is 1. The molecular weight excluding hydrogens is 321 g/mol. The summed E-state index contributed by atoms with van der Waals surface area (Å²) in [6.45, 7) is -0.404. The molecule has 0 saturated carbocycles. The molecule has 2 rings (SSSR count). The normalized spacial score (nSPS) is 10.1. The second-order valence-corrected chi connectivity index (χ2v) is 5.46. The third-order valence-electron chi connectivity index (χ3n) is 2.28. The molecular formula is C13H9Cl2NO3S. The van der Waals surface area contributed by atoms with Crippen molar-refractivity contribution in [2.45, 2.75) is 0 Å². The van der Waals surface area contributed by atoms with Crippen LogP contribution in [0.3, 0.4) is 0 Å². The zero-order valence-corrected chi connectivity index (χ0v) is 12.4. The van der Waals surface area contributed by atoms with E-state index >= 15 is 0 Å². The minimum Gasteiger partial charge on any atom is -0.451 e. The summed E-state index contributed by atoms with van der Waals surface area (Å²) in [5.41, 5.74) is 0.299. The van der Waals surface area contributed by atoms with Gasteiger partial charge in [0.15, 0.2) is 6.61 Å². The third kappa shape index (κ3) is 3.72. The van der Waals surface area contributed by atoms with E-state index in [1.165, 1.54) is 11.3 Å². The number of ether oxygens (including phenoxy) is 1. The van der Waals surface area contributed by atoms with Crippen LogP contribution in [0.15, 0.2) is 35.7 Å². The van der Waals surface area contributed by atoms with E-state index in [0.29, 0.717) is 20.6 Å². The summed E-state index contributed by atoms with van der Waals surface area (Å²) in [6.07, 6.45) is 0.